The number of rotatable bonds is 11. The average molecular weight is 614 g/mol. The van der Waals surface area contributed by atoms with Crippen LogP contribution < -0.4 is 5.32 Å². The highest BCUT2D eigenvalue weighted by Gasteiger charge is 2.36. The van der Waals surface area contributed by atoms with Crippen LogP contribution in [-0.2, 0) is 25.7 Å². The van der Waals surface area contributed by atoms with E-state index in [1.807, 2.05) is 12.1 Å². The summed E-state index contributed by atoms with van der Waals surface area (Å²) >= 11 is 0. The molecule has 2 aliphatic rings. The van der Waals surface area contributed by atoms with E-state index in [9.17, 15) is 30.8 Å². The second kappa shape index (κ2) is 13.8. The van der Waals surface area contributed by atoms with Crippen LogP contribution in [0.3, 0.4) is 0 Å². The molecule has 1 saturated heterocycles. The zero-order valence-corrected chi connectivity index (χ0v) is 24.8. The predicted octanol–water partition coefficient (Wildman–Crippen LogP) is 5.24. The van der Waals surface area contributed by atoms with Crippen molar-refractivity contribution in [2.75, 3.05) is 40.3 Å². The van der Waals surface area contributed by atoms with E-state index < -0.39 is 32.8 Å². The molecule has 232 valence electrons. The largest absolute Gasteiger partial charge is 0.416 e. The third-order valence-electron chi connectivity index (χ3n) is 8.34. The molecule has 2 atom stereocenters. The van der Waals surface area contributed by atoms with E-state index in [2.05, 4.69) is 24.3 Å². The topological polar surface area (TPSA) is 79.0 Å². The van der Waals surface area contributed by atoms with Gasteiger partial charge in [0.15, 0.2) is 0 Å². The van der Waals surface area contributed by atoms with E-state index >= 15 is 0 Å². The van der Waals surface area contributed by atoms with Gasteiger partial charge in [0.2, 0.25) is 15.9 Å². The summed E-state index contributed by atoms with van der Waals surface area (Å²) < 4.78 is 85.0. The number of nitrogens with one attached hydrogen (secondary N) is 1. The lowest BCUT2D eigenvalue weighted by Crippen LogP contribution is -2.34. The number of nitrogens with zero attached hydrogens (tertiary/aromatic N) is 2. The van der Waals surface area contributed by atoms with Gasteiger partial charge in [0.05, 0.1) is 16.6 Å². The fourth-order valence-electron chi connectivity index (χ4n) is 6.14. The molecule has 0 bridgehead atoms. The Labute approximate surface area is 245 Å². The van der Waals surface area contributed by atoms with Crippen LogP contribution in [0.4, 0.5) is 17.6 Å². The Balaban J connectivity index is 1.16. The number of alkyl halides is 3. The quantitative estimate of drug-likeness (QED) is 0.351. The van der Waals surface area contributed by atoms with Crippen molar-refractivity contribution in [1.29, 1.82) is 0 Å². The van der Waals surface area contributed by atoms with Gasteiger partial charge in [0.25, 0.3) is 0 Å². The molecule has 1 saturated carbocycles. The van der Waals surface area contributed by atoms with Crippen molar-refractivity contribution in [3.05, 3.63) is 65.5 Å². The summed E-state index contributed by atoms with van der Waals surface area (Å²) in [5, 5.41) is 2.88. The molecule has 2 aromatic rings. The Bertz CT molecular complexity index is 1300. The van der Waals surface area contributed by atoms with Crippen molar-refractivity contribution in [3.63, 3.8) is 0 Å². The number of sulfonamides is 1. The first kappa shape index (κ1) is 32.4. The first-order chi connectivity index (χ1) is 19.8. The Morgan fingerprint density at radius 1 is 1.07 bits per heavy atom. The van der Waals surface area contributed by atoms with E-state index in [0.717, 1.165) is 60.2 Å². The second-order valence-electron chi connectivity index (χ2n) is 11.5. The van der Waals surface area contributed by atoms with E-state index in [1.54, 1.807) is 0 Å². The molecule has 4 rings (SSSR count). The minimum Gasteiger partial charge on any atom is -0.367 e. The second-order valence-corrected chi connectivity index (χ2v) is 13.4. The first-order valence-corrected chi connectivity index (χ1v) is 15.8. The molecule has 1 N–H and O–H groups in total. The van der Waals surface area contributed by atoms with Gasteiger partial charge < -0.3 is 15.0 Å². The van der Waals surface area contributed by atoms with Crippen LogP contribution in [-0.4, -0.2) is 70.0 Å². The lowest BCUT2D eigenvalue weighted by molar-refractivity contribution is -0.137. The highest BCUT2D eigenvalue weighted by atomic mass is 32.2. The molecule has 42 heavy (non-hydrogen) atoms. The van der Waals surface area contributed by atoms with Gasteiger partial charge in [-0.3, -0.25) is 4.79 Å². The van der Waals surface area contributed by atoms with Gasteiger partial charge in [-0.2, -0.15) is 17.5 Å². The summed E-state index contributed by atoms with van der Waals surface area (Å²) in [5.41, 5.74) is 0.0961. The minimum absolute atomic E-state index is 0.0268. The van der Waals surface area contributed by atoms with Gasteiger partial charge in [-0.1, -0.05) is 31.0 Å². The standard InChI is InChI=1S/C30H39F4N3O4S/c1-36(2)29(23-10-12-25(31)13-11-23)22-8-6-21(7-9-22)14-16-35-28(38)20-41-26-15-17-37(19-26)42(39,40)27-5-3-4-24(18-27)30(32,33)34/h3-5,10-13,18,21-22,26,29H,6-9,14-17,19-20H2,1-2H3,(H,35,38). The molecule has 2 unspecified atom stereocenters. The summed E-state index contributed by atoms with van der Waals surface area (Å²) in [6.07, 6.45) is 0.274. The van der Waals surface area contributed by atoms with Crippen molar-refractivity contribution in [1.82, 2.24) is 14.5 Å². The average Bonchev–Trinajstić information content (AvgIpc) is 3.44. The van der Waals surface area contributed by atoms with Crippen LogP contribution in [0, 0.1) is 17.7 Å². The molecule has 7 nitrogen and oxygen atoms in total. The molecule has 2 fully saturated rings. The Kier molecular flexibility index (Phi) is 10.7. The fourth-order valence-corrected chi connectivity index (χ4v) is 7.67. The van der Waals surface area contributed by atoms with E-state index in [-0.39, 0.29) is 37.5 Å². The number of benzene rings is 2. The third-order valence-corrected chi connectivity index (χ3v) is 10.2. The molecule has 12 heteroatoms. The zero-order valence-electron chi connectivity index (χ0n) is 23.9. The summed E-state index contributed by atoms with van der Waals surface area (Å²) in [5.74, 6) is 0.461. The van der Waals surface area contributed by atoms with Gasteiger partial charge >= 0.3 is 6.18 Å². The van der Waals surface area contributed by atoms with Gasteiger partial charge in [0.1, 0.15) is 12.4 Å². The van der Waals surface area contributed by atoms with Crippen LogP contribution >= 0.6 is 0 Å². The monoisotopic (exact) mass is 613 g/mol. The van der Waals surface area contributed by atoms with Crippen molar-refractivity contribution >= 4 is 15.9 Å². The van der Waals surface area contributed by atoms with Crippen LogP contribution in [0.2, 0.25) is 0 Å². The maximum absolute atomic E-state index is 13.4. The van der Waals surface area contributed by atoms with Crippen LogP contribution in [0.5, 0.6) is 0 Å². The van der Waals surface area contributed by atoms with Crippen LogP contribution in [0.15, 0.2) is 53.4 Å². The van der Waals surface area contributed by atoms with Crippen molar-refractivity contribution < 1.29 is 35.5 Å². The third kappa shape index (κ3) is 8.30. The molecular weight excluding hydrogens is 574 g/mol. The van der Waals surface area contributed by atoms with E-state index in [0.29, 0.717) is 30.9 Å². The number of amides is 1. The molecule has 2 aromatic carbocycles. The number of carbonyl (C=O) groups excluding carboxylic acids is 1. The van der Waals surface area contributed by atoms with E-state index in [1.165, 1.54) is 12.1 Å². The molecule has 1 heterocycles. The van der Waals surface area contributed by atoms with Crippen LogP contribution in [0.1, 0.15) is 55.7 Å². The summed E-state index contributed by atoms with van der Waals surface area (Å²) in [7, 11) is -0.0131. The Morgan fingerprint density at radius 3 is 2.40 bits per heavy atom. The van der Waals surface area contributed by atoms with Crippen molar-refractivity contribution in [3.8, 4) is 0 Å². The number of hydrogen-bond acceptors (Lipinski definition) is 5. The maximum atomic E-state index is 13.4. The van der Waals surface area contributed by atoms with Gasteiger partial charge in [-0.15, -0.1) is 0 Å². The Hall–Kier alpha value is -2.54. The highest BCUT2D eigenvalue weighted by Crippen LogP contribution is 2.40. The zero-order chi connectivity index (χ0) is 30.5. The molecule has 1 aliphatic heterocycles. The van der Waals surface area contributed by atoms with Gasteiger partial charge in [0, 0.05) is 25.7 Å². The first-order valence-electron chi connectivity index (χ1n) is 14.3. The molecule has 0 aromatic heterocycles. The number of halogens is 4. The molecule has 0 spiro atoms. The number of hydrogen-bond donors (Lipinski definition) is 1. The predicted molar refractivity (Wildman–Crippen MR) is 150 cm³/mol. The Morgan fingerprint density at radius 2 is 1.76 bits per heavy atom. The van der Waals surface area contributed by atoms with Gasteiger partial charge in [-0.05, 0) is 87.5 Å². The summed E-state index contributed by atoms with van der Waals surface area (Å²) in [6.45, 7) is 0.384. The van der Waals surface area contributed by atoms with Crippen LogP contribution in [0.25, 0.3) is 0 Å². The summed E-state index contributed by atoms with van der Waals surface area (Å²) in [4.78, 5) is 14.1. The fraction of sp³-hybridized carbons (Fsp3) is 0.567. The lowest BCUT2D eigenvalue weighted by atomic mass is 9.75. The SMILES string of the molecule is CN(C)C(c1ccc(F)cc1)C1CCC(CCNC(=O)COC2CCN(S(=O)(=O)c3cccc(C(F)(F)F)c3)C2)CC1. The lowest BCUT2D eigenvalue weighted by Gasteiger charge is -2.37. The smallest absolute Gasteiger partial charge is 0.367 e. The maximum Gasteiger partial charge on any atom is 0.416 e. The van der Waals surface area contributed by atoms with E-state index in [4.69, 9.17) is 4.74 Å². The normalized spacial score (nSPS) is 22.8. The number of ether oxygens (including phenoxy) is 1. The summed E-state index contributed by atoms with van der Waals surface area (Å²) in [6, 6.07) is 10.7. The molecule has 0 radical (unpaired) electrons. The van der Waals surface area contributed by atoms with Crippen molar-refractivity contribution in [2.45, 2.75) is 61.7 Å². The highest BCUT2D eigenvalue weighted by molar-refractivity contribution is 7.89. The molecule has 1 aliphatic carbocycles. The van der Waals surface area contributed by atoms with Gasteiger partial charge in [-0.25, -0.2) is 12.8 Å². The molecular formula is C30H39F4N3O4S. The molecule has 1 amide bonds. The van der Waals surface area contributed by atoms with Crippen molar-refractivity contribution in [2.24, 2.45) is 11.8 Å². The minimum atomic E-state index is -4.64. The number of carbonyl (C=O) groups is 1.